The fraction of sp³-hybridized carbons (Fsp3) is 0.533. The molecule has 0 spiro atoms. The summed E-state index contributed by atoms with van der Waals surface area (Å²) in [5.41, 5.74) is 2.70. The van der Waals surface area contributed by atoms with E-state index in [-0.39, 0.29) is 23.3 Å². The van der Waals surface area contributed by atoms with Gasteiger partial charge in [0.1, 0.15) is 11.5 Å². The zero-order valence-electron chi connectivity index (χ0n) is 25.4. The molecule has 2 aliphatic heterocycles. The molecule has 0 unspecified atom stereocenters. The van der Waals surface area contributed by atoms with Crippen LogP contribution in [0.1, 0.15) is 61.1 Å². The molecule has 4 heterocycles. The highest BCUT2D eigenvalue weighted by atomic mass is 32.2. The van der Waals surface area contributed by atoms with E-state index in [1.807, 2.05) is 4.90 Å². The molecule has 14 heteroatoms. The van der Waals surface area contributed by atoms with E-state index < -0.39 is 16.1 Å². The summed E-state index contributed by atoms with van der Waals surface area (Å²) in [7, 11) is -1.36. The maximum Gasteiger partial charge on any atom is 0.303 e. The second kappa shape index (κ2) is 12.1. The van der Waals surface area contributed by atoms with Gasteiger partial charge < -0.3 is 9.80 Å². The molecule has 1 aliphatic carbocycles. The maximum atomic E-state index is 13.8. The number of amides is 2. The Kier molecular flexibility index (Phi) is 8.33. The predicted octanol–water partition coefficient (Wildman–Crippen LogP) is 2.50. The van der Waals surface area contributed by atoms with E-state index in [0.717, 1.165) is 92.4 Å². The number of hydrogen-bond donors (Lipinski definition) is 1. The fourth-order valence-electron chi connectivity index (χ4n) is 6.35. The highest BCUT2D eigenvalue weighted by Crippen LogP contribution is 2.43. The average Bonchev–Trinajstić information content (AvgIpc) is 3.35. The van der Waals surface area contributed by atoms with Crippen LogP contribution in [0.3, 0.4) is 0 Å². The molecule has 236 valence electrons. The Hall–Kier alpha value is -3.62. The zero-order chi connectivity index (χ0) is 31.2. The number of benzene rings is 1. The second-order valence-electron chi connectivity index (χ2n) is 12.1. The van der Waals surface area contributed by atoms with Crippen molar-refractivity contribution in [3.63, 3.8) is 0 Å². The van der Waals surface area contributed by atoms with Gasteiger partial charge in [0, 0.05) is 72.2 Å². The Morgan fingerprint density at radius 2 is 1.64 bits per heavy atom. The van der Waals surface area contributed by atoms with Crippen molar-refractivity contribution in [2.75, 3.05) is 58.3 Å². The van der Waals surface area contributed by atoms with Crippen LogP contribution in [0.2, 0.25) is 0 Å². The zero-order valence-corrected chi connectivity index (χ0v) is 26.2. The number of carbonyl (C=O) groups is 2. The smallest absolute Gasteiger partial charge is 0.303 e. The van der Waals surface area contributed by atoms with Gasteiger partial charge in [-0.25, -0.2) is 18.8 Å². The first-order valence-electron chi connectivity index (χ1n) is 15.2. The minimum atomic E-state index is -4.05. The van der Waals surface area contributed by atoms with Gasteiger partial charge in [-0.15, -0.1) is 0 Å². The molecule has 3 fully saturated rings. The minimum Gasteiger partial charge on any atom is -0.371 e. The third-order valence-electron chi connectivity index (χ3n) is 9.22. The molecule has 44 heavy (non-hydrogen) atoms. The van der Waals surface area contributed by atoms with Crippen molar-refractivity contribution < 1.29 is 22.4 Å². The molecule has 12 nitrogen and oxygen atoms in total. The monoisotopic (exact) mass is 626 g/mol. The van der Waals surface area contributed by atoms with Gasteiger partial charge in [-0.2, -0.15) is 17.8 Å². The van der Waals surface area contributed by atoms with Crippen LogP contribution in [0.4, 0.5) is 10.1 Å². The molecule has 3 aromatic rings. The predicted molar refractivity (Wildman–Crippen MR) is 165 cm³/mol. The minimum absolute atomic E-state index is 0.0381. The second-order valence-corrected chi connectivity index (χ2v) is 14.0. The summed E-state index contributed by atoms with van der Waals surface area (Å²) >= 11 is 0. The Balaban J connectivity index is 1.38. The first-order valence-corrected chi connectivity index (χ1v) is 16.6. The lowest BCUT2D eigenvalue weighted by Gasteiger charge is -2.43. The van der Waals surface area contributed by atoms with Crippen LogP contribution in [0, 0.1) is 5.82 Å². The molecule has 2 saturated heterocycles. The number of nitrogens with one attached hydrogen (secondary N) is 1. The van der Waals surface area contributed by atoms with Crippen molar-refractivity contribution in [2.45, 2.75) is 51.0 Å². The number of hydrogen-bond acceptors (Lipinski definition) is 8. The number of rotatable bonds is 7. The molecule has 1 saturated carbocycles. The number of piperidine rings is 1. The van der Waals surface area contributed by atoms with Gasteiger partial charge in [0.2, 0.25) is 5.91 Å². The van der Waals surface area contributed by atoms with Gasteiger partial charge in [0.25, 0.3) is 5.91 Å². The largest absolute Gasteiger partial charge is 0.371 e. The average molecular weight is 627 g/mol. The maximum absolute atomic E-state index is 13.8. The Morgan fingerprint density at radius 1 is 0.977 bits per heavy atom. The molecule has 2 aromatic heterocycles. The van der Waals surface area contributed by atoms with Gasteiger partial charge in [0.05, 0.1) is 22.5 Å². The quantitative estimate of drug-likeness (QED) is 0.425. The first kappa shape index (κ1) is 30.4. The van der Waals surface area contributed by atoms with Crippen molar-refractivity contribution in [1.82, 2.24) is 33.6 Å². The third-order valence-corrected chi connectivity index (χ3v) is 10.6. The fourth-order valence-corrected chi connectivity index (χ4v) is 6.87. The number of aromatic nitrogens is 3. The lowest BCUT2D eigenvalue weighted by molar-refractivity contribution is -0.130. The van der Waals surface area contributed by atoms with Gasteiger partial charge in [-0.05, 0) is 56.0 Å². The standard InChI is InChI=1S/C30H39FN8O4S/c1-20(40)36-15-17-37(18-16-36)23-11-13-38(14-12-23)26-19-25(30(41)34-44(42,43)35(2)3)32-29-27(26)28(21-5-4-6-21)33-39(29)24-9-7-22(31)8-10-24/h7-10,19,21,23H,4-6,11-18H2,1-3H3,(H,34,41). The van der Waals surface area contributed by atoms with E-state index in [1.165, 1.54) is 26.2 Å². The van der Waals surface area contributed by atoms with Gasteiger partial charge in [0.15, 0.2) is 5.65 Å². The topological polar surface area (TPSA) is 124 Å². The summed E-state index contributed by atoms with van der Waals surface area (Å²) in [6, 6.07) is 8.02. The van der Waals surface area contributed by atoms with Gasteiger partial charge >= 0.3 is 10.2 Å². The van der Waals surface area contributed by atoms with E-state index >= 15 is 0 Å². The Morgan fingerprint density at radius 3 is 2.20 bits per heavy atom. The number of pyridine rings is 1. The molecular formula is C30H39FN8O4S. The van der Waals surface area contributed by atoms with Crippen molar-refractivity contribution in [2.24, 2.45) is 0 Å². The summed E-state index contributed by atoms with van der Waals surface area (Å²) in [5.74, 6) is -0.860. The highest BCUT2D eigenvalue weighted by molar-refractivity contribution is 7.87. The van der Waals surface area contributed by atoms with E-state index in [2.05, 4.69) is 19.5 Å². The van der Waals surface area contributed by atoms with Crippen molar-refractivity contribution in [3.8, 4) is 5.69 Å². The SMILES string of the molecule is CC(=O)N1CCN(C2CCN(c3cc(C(=O)NS(=O)(=O)N(C)C)nc4c3c(C3CCC3)nn4-c3ccc(F)cc3)CC2)CC1. The van der Waals surface area contributed by atoms with E-state index in [9.17, 15) is 22.4 Å². The van der Waals surface area contributed by atoms with Crippen LogP contribution in [0.15, 0.2) is 30.3 Å². The number of anilines is 1. The van der Waals surface area contributed by atoms with Crippen molar-refractivity contribution in [3.05, 3.63) is 47.5 Å². The molecular weight excluding hydrogens is 587 g/mol. The molecule has 6 rings (SSSR count). The number of halogens is 1. The normalized spacial score (nSPS) is 19.0. The molecule has 0 radical (unpaired) electrons. The number of fused-ring (bicyclic) bond motifs is 1. The summed E-state index contributed by atoms with van der Waals surface area (Å²) in [6.45, 7) is 6.27. The van der Waals surface area contributed by atoms with Crippen LogP contribution in [0.5, 0.6) is 0 Å². The lowest BCUT2D eigenvalue weighted by atomic mass is 9.82. The van der Waals surface area contributed by atoms with Gasteiger partial charge in [-0.3, -0.25) is 14.5 Å². The Bertz CT molecular complexity index is 1660. The molecule has 2 amide bonds. The highest BCUT2D eigenvalue weighted by Gasteiger charge is 2.33. The molecule has 1 N–H and O–H groups in total. The molecule has 0 atom stereocenters. The van der Waals surface area contributed by atoms with Crippen molar-refractivity contribution in [1.29, 1.82) is 0 Å². The molecule has 0 bridgehead atoms. The van der Waals surface area contributed by atoms with Crippen LogP contribution < -0.4 is 9.62 Å². The number of carbonyl (C=O) groups excluding carboxylic acids is 2. The molecule has 3 aliphatic rings. The van der Waals surface area contributed by atoms with E-state index in [4.69, 9.17) is 5.10 Å². The summed E-state index contributed by atoms with van der Waals surface area (Å²) in [6.07, 6.45) is 4.90. The van der Waals surface area contributed by atoms with Crippen LogP contribution in [-0.4, -0.2) is 109 Å². The van der Waals surface area contributed by atoms with Gasteiger partial charge in [-0.1, -0.05) is 6.42 Å². The number of piperazine rings is 1. The third kappa shape index (κ3) is 5.89. The van der Waals surface area contributed by atoms with E-state index in [0.29, 0.717) is 17.4 Å². The molecule has 1 aromatic carbocycles. The van der Waals surface area contributed by atoms with Crippen LogP contribution in [0.25, 0.3) is 16.7 Å². The van der Waals surface area contributed by atoms with Crippen molar-refractivity contribution >= 4 is 38.7 Å². The van der Waals surface area contributed by atoms with E-state index in [1.54, 1.807) is 29.8 Å². The lowest BCUT2D eigenvalue weighted by Crippen LogP contribution is -2.54. The summed E-state index contributed by atoms with van der Waals surface area (Å²) < 4.78 is 43.6. The Labute approximate surface area is 257 Å². The first-order chi connectivity index (χ1) is 21.0. The summed E-state index contributed by atoms with van der Waals surface area (Å²) in [5, 5.41) is 5.83. The van der Waals surface area contributed by atoms with Crippen LogP contribution >= 0.6 is 0 Å². The van der Waals surface area contributed by atoms with Crippen LogP contribution in [-0.2, 0) is 15.0 Å². The summed E-state index contributed by atoms with van der Waals surface area (Å²) in [4.78, 5) is 36.5. The number of nitrogens with zero attached hydrogens (tertiary/aromatic N) is 7.